The molecule has 0 aliphatic heterocycles. The number of hydrogen-bond donors (Lipinski definition) is 0. The van der Waals surface area contributed by atoms with Crippen LogP contribution in [0.15, 0.2) is 103 Å². The quantitative estimate of drug-likeness (QED) is 0.138. The lowest BCUT2D eigenvalue weighted by Gasteiger charge is -2.30. The zero-order valence-electron chi connectivity index (χ0n) is 40.4. The van der Waals surface area contributed by atoms with Crippen LogP contribution in [0.5, 0.6) is 17.2 Å². The summed E-state index contributed by atoms with van der Waals surface area (Å²) in [4.78, 5) is 0. The Balaban J connectivity index is 1.48. The highest BCUT2D eigenvalue weighted by Gasteiger charge is 2.30. The molecule has 3 nitrogen and oxygen atoms in total. The summed E-state index contributed by atoms with van der Waals surface area (Å²) < 4.78 is 21.0. The van der Waals surface area contributed by atoms with Crippen molar-refractivity contribution in [1.29, 1.82) is 0 Å². The summed E-state index contributed by atoms with van der Waals surface area (Å²) in [7, 11) is -2.43. The molecule has 5 heteroatoms. The first-order chi connectivity index (χ1) is 27.4. The average molecular weight is 845 g/mol. The van der Waals surface area contributed by atoms with Crippen LogP contribution < -0.4 is 24.2 Å². The van der Waals surface area contributed by atoms with E-state index in [9.17, 15) is 0 Å². The number of hydrogen-bond acceptors (Lipinski definition) is 3. The van der Waals surface area contributed by atoms with Crippen molar-refractivity contribution < 1.29 is 13.6 Å². The Morgan fingerprint density at radius 2 is 0.600 bits per heavy atom. The van der Waals surface area contributed by atoms with Crippen molar-refractivity contribution in [3.05, 3.63) is 137 Å². The third-order valence-electron chi connectivity index (χ3n) is 11.2. The molecule has 60 heavy (non-hydrogen) atoms. The van der Waals surface area contributed by atoms with Gasteiger partial charge < -0.3 is 13.6 Å². The van der Waals surface area contributed by atoms with Gasteiger partial charge in [-0.1, -0.05) is 197 Å². The van der Waals surface area contributed by atoms with Crippen LogP contribution in [0.1, 0.15) is 158 Å². The van der Waals surface area contributed by atoms with Gasteiger partial charge in [-0.15, -0.1) is 0 Å². The van der Waals surface area contributed by atoms with Gasteiger partial charge in [-0.3, -0.25) is 0 Å². The van der Waals surface area contributed by atoms with Gasteiger partial charge in [0.2, 0.25) is 0 Å². The monoisotopic (exact) mass is 845 g/mol. The molecule has 0 aliphatic rings. The maximum absolute atomic E-state index is 7.11. The largest absolute Gasteiger partial charge is 0.469 e. The first-order valence-electron chi connectivity index (χ1n) is 21.7. The third-order valence-corrected chi connectivity index (χ3v) is 14.1. The molecule has 0 fully saturated rings. The van der Waals surface area contributed by atoms with Crippen molar-refractivity contribution >= 4 is 27.1 Å². The first-order valence-corrected chi connectivity index (χ1v) is 24.5. The molecule has 322 valence electrons. The van der Waals surface area contributed by atoms with Crippen LogP contribution in [-0.4, -0.2) is 6.66 Å². The van der Waals surface area contributed by atoms with Gasteiger partial charge in [-0.25, -0.2) is 0 Å². The van der Waals surface area contributed by atoms with Gasteiger partial charge in [0, 0.05) is 22.0 Å². The molecule has 0 bridgehead atoms. The van der Waals surface area contributed by atoms with Crippen molar-refractivity contribution in [3.8, 4) is 28.4 Å². The Kier molecular flexibility index (Phi) is 13.6. The van der Waals surface area contributed by atoms with E-state index in [0.29, 0.717) is 0 Å². The van der Waals surface area contributed by atoms with Crippen molar-refractivity contribution in [3.63, 3.8) is 0 Å². The lowest BCUT2D eigenvalue weighted by Crippen LogP contribution is -2.20. The van der Waals surface area contributed by atoms with E-state index >= 15 is 0 Å². The molecule has 0 aromatic heterocycles. The van der Waals surface area contributed by atoms with Crippen molar-refractivity contribution in [2.45, 2.75) is 157 Å². The van der Waals surface area contributed by atoms with Crippen LogP contribution in [0.4, 0.5) is 0 Å². The van der Waals surface area contributed by atoms with E-state index in [-0.39, 0.29) is 32.5 Å². The Hall–Kier alpha value is -3.64. The minimum atomic E-state index is -1.56. The molecule has 0 heterocycles. The van der Waals surface area contributed by atoms with Crippen LogP contribution in [0.3, 0.4) is 0 Å². The van der Waals surface area contributed by atoms with Gasteiger partial charge in [0.1, 0.15) is 25.4 Å². The zero-order valence-corrected chi connectivity index (χ0v) is 42.2. The molecule has 5 aromatic rings. The summed E-state index contributed by atoms with van der Waals surface area (Å²) in [5.74, 6) is 2.70. The van der Waals surface area contributed by atoms with E-state index in [1.165, 1.54) is 38.7 Å². The summed E-state index contributed by atoms with van der Waals surface area (Å²) >= 11 is 0. The maximum atomic E-state index is 7.11. The van der Waals surface area contributed by atoms with Gasteiger partial charge in [0.15, 0.2) is 0 Å². The summed E-state index contributed by atoms with van der Waals surface area (Å²) in [6.07, 6.45) is 0. The molecule has 0 N–H and O–H groups in total. The van der Waals surface area contributed by atoms with E-state index < -0.39 is 16.5 Å². The Morgan fingerprint density at radius 1 is 0.317 bits per heavy atom. The summed E-state index contributed by atoms with van der Waals surface area (Å²) in [6, 6.07) is 37.8. The average Bonchev–Trinajstić information content (AvgIpc) is 3.12. The Labute approximate surface area is 367 Å². The fourth-order valence-electron chi connectivity index (χ4n) is 7.13. The second-order valence-corrected chi connectivity index (χ2v) is 25.8. The maximum Gasteiger partial charge on any atom is 0.326 e. The standard InChI is InChI=1S/C55H74O3P2/c1-50(2,3)39-24-31-47(44(34-39)53(10,11)12)56-59(19)42-27-20-37(21-28-42)38-22-29-43(30-23-38)60(57-48-32-25-40(51(4,5)6)35-45(48)54(13,14)15)58-49-33-26-41(52(7,8)9)36-46(49)55(16,17)18/h20-36H,1-19H3. The van der Waals surface area contributed by atoms with E-state index in [1.807, 2.05) is 0 Å². The minimum Gasteiger partial charge on any atom is -0.469 e. The molecule has 0 saturated heterocycles. The fraction of sp³-hybridized carbons (Fsp3) is 0.455. The molecule has 1 atom stereocenters. The van der Waals surface area contributed by atoms with E-state index in [0.717, 1.165) is 33.7 Å². The van der Waals surface area contributed by atoms with Gasteiger partial charge >= 0.3 is 8.38 Å². The van der Waals surface area contributed by atoms with Crippen LogP contribution in [0.2, 0.25) is 0 Å². The Morgan fingerprint density at radius 3 is 0.883 bits per heavy atom. The highest BCUT2D eigenvalue weighted by molar-refractivity contribution is 7.60. The fourth-order valence-corrected chi connectivity index (χ4v) is 9.57. The summed E-state index contributed by atoms with van der Waals surface area (Å²) in [5.41, 5.74) is 9.64. The summed E-state index contributed by atoms with van der Waals surface area (Å²) in [6.45, 7) is 42.9. The SMILES string of the molecule is CP(Oc1ccc(C(C)(C)C)cc1C(C)(C)C)c1ccc(-c2ccc(P(Oc3ccc(C(C)(C)C)cc3C(C)(C)C)Oc3ccc(C(C)(C)C)cc3C(C)(C)C)cc2)cc1. The zero-order chi connectivity index (χ0) is 44.8. The normalized spacial score (nSPS) is 13.7. The molecular weight excluding hydrogens is 771 g/mol. The van der Waals surface area contributed by atoms with Crippen molar-refractivity contribution in [2.75, 3.05) is 6.66 Å². The molecule has 0 saturated carbocycles. The van der Waals surface area contributed by atoms with Crippen molar-refractivity contribution in [1.82, 2.24) is 0 Å². The van der Waals surface area contributed by atoms with Crippen LogP contribution in [0.25, 0.3) is 11.1 Å². The van der Waals surface area contributed by atoms with Gasteiger partial charge in [0.25, 0.3) is 0 Å². The molecule has 0 aliphatic carbocycles. The second-order valence-electron chi connectivity index (χ2n) is 22.8. The van der Waals surface area contributed by atoms with Gasteiger partial charge in [-0.2, -0.15) is 0 Å². The minimum absolute atomic E-state index is 0.0183. The van der Waals surface area contributed by atoms with E-state index in [2.05, 4.69) is 234 Å². The number of rotatable bonds is 9. The first kappa shape index (κ1) is 47.4. The molecule has 5 rings (SSSR count). The lowest BCUT2D eigenvalue weighted by atomic mass is 9.80. The molecule has 0 amide bonds. The number of benzene rings is 5. The van der Waals surface area contributed by atoms with Crippen LogP contribution in [0, 0.1) is 0 Å². The lowest BCUT2D eigenvalue weighted by molar-refractivity contribution is 0.466. The predicted octanol–water partition coefficient (Wildman–Crippen LogP) is 16.0. The van der Waals surface area contributed by atoms with Crippen LogP contribution in [-0.2, 0) is 32.5 Å². The molecule has 5 aromatic carbocycles. The van der Waals surface area contributed by atoms with Crippen LogP contribution >= 0.6 is 16.5 Å². The molecular formula is C55H74O3P2. The predicted molar refractivity (Wildman–Crippen MR) is 264 cm³/mol. The van der Waals surface area contributed by atoms with Crippen molar-refractivity contribution in [2.24, 2.45) is 0 Å². The second kappa shape index (κ2) is 17.3. The van der Waals surface area contributed by atoms with E-state index in [4.69, 9.17) is 13.6 Å². The van der Waals surface area contributed by atoms with E-state index in [1.54, 1.807) is 0 Å². The summed E-state index contributed by atoms with van der Waals surface area (Å²) in [5, 5.41) is 2.22. The van der Waals surface area contributed by atoms with Gasteiger partial charge in [-0.05, 0) is 97.3 Å². The Bertz CT molecular complexity index is 2170. The molecule has 0 radical (unpaired) electrons. The highest BCUT2D eigenvalue weighted by Crippen LogP contribution is 2.48. The molecule has 0 spiro atoms. The third kappa shape index (κ3) is 11.6. The molecule has 1 unspecified atom stereocenters. The highest BCUT2D eigenvalue weighted by atomic mass is 31.2. The van der Waals surface area contributed by atoms with Gasteiger partial charge in [0.05, 0.1) is 5.30 Å². The smallest absolute Gasteiger partial charge is 0.326 e. The topological polar surface area (TPSA) is 27.7 Å².